The van der Waals surface area contributed by atoms with E-state index in [1.807, 2.05) is 4.90 Å². The van der Waals surface area contributed by atoms with Crippen LogP contribution in [0.4, 0.5) is 0 Å². The third-order valence-electron chi connectivity index (χ3n) is 5.35. The first-order chi connectivity index (χ1) is 9.03. The van der Waals surface area contributed by atoms with Crippen LogP contribution in [0, 0.1) is 11.8 Å². The summed E-state index contributed by atoms with van der Waals surface area (Å²) in [7, 11) is 0. The largest absolute Gasteiger partial charge is 0.332 e. The van der Waals surface area contributed by atoms with Crippen LogP contribution < -0.4 is 4.90 Å². The fraction of sp³-hybridized carbons (Fsp3) is 1.00. The van der Waals surface area contributed by atoms with Crippen molar-refractivity contribution in [1.29, 1.82) is 0 Å². The molecule has 2 bridgehead atoms. The van der Waals surface area contributed by atoms with Gasteiger partial charge in [-0.25, -0.2) is 0 Å². The second-order valence-corrected chi connectivity index (χ2v) is 10.1. The molecule has 0 saturated carbocycles. The molecule has 0 radical (unpaired) electrons. The lowest BCUT2D eigenvalue weighted by Crippen LogP contribution is -3.18. The highest BCUT2D eigenvalue weighted by atomic mass is 32.2. The standard InChI is InChI=1S/C15H28N2S2/c1-11(2)16-7-13-9-17(12(3)4)10-14(8-16)15(13)18-5-6-19-15/h11-14H,5-10H2,1-4H3/p+1. The fourth-order valence-electron chi connectivity index (χ4n) is 4.17. The van der Waals surface area contributed by atoms with Gasteiger partial charge in [0.15, 0.2) is 0 Å². The maximum atomic E-state index is 2.75. The van der Waals surface area contributed by atoms with E-state index in [4.69, 9.17) is 0 Å². The molecule has 0 aliphatic carbocycles. The number of piperidine rings is 2. The van der Waals surface area contributed by atoms with Gasteiger partial charge in [-0.3, -0.25) is 4.90 Å². The van der Waals surface area contributed by atoms with Crippen molar-refractivity contribution >= 4 is 23.5 Å². The monoisotopic (exact) mass is 301 g/mol. The van der Waals surface area contributed by atoms with Gasteiger partial charge in [0.05, 0.1) is 23.2 Å². The van der Waals surface area contributed by atoms with Gasteiger partial charge in [0, 0.05) is 42.5 Å². The van der Waals surface area contributed by atoms with Crippen LogP contribution in [0.5, 0.6) is 0 Å². The van der Waals surface area contributed by atoms with Gasteiger partial charge >= 0.3 is 0 Å². The van der Waals surface area contributed by atoms with Crippen molar-refractivity contribution in [2.24, 2.45) is 11.8 Å². The number of quaternary nitrogens is 1. The van der Waals surface area contributed by atoms with E-state index >= 15 is 0 Å². The Balaban J connectivity index is 1.83. The van der Waals surface area contributed by atoms with Crippen LogP contribution in [0.15, 0.2) is 0 Å². The summed E-state index contributed by atoms with van der Waals surface area (Å²) in [6.45, 7) is 15.0. The molecule has 2 nitrogen and oxygen atoms in total. The van der Waals surface area contributed by atoms with Crippen molar-refractivity contribution in [2.75, 3.05) is 37.7 Å². The summed E-state index contributed by atoms with van der Waals surface area (Å²) in [4.78, 5) is 4.61. The van der Waals surface area contributed by atoms with E-state index in [1.54, 1.807) is 0 Å². The van der Waals surface area contributed by atoms with E-state index in [2.05, 4.69) is 56.1 Å². The Morgan fingerprint density at radius 2 is 1.53 bits per heavy atom. The average Bonchev–Trinajstić information content (AvgIpc) is 2.77. The highest BCUT2D eigenvalue weighted by Crippen LogP contribution is 2.56. The van der Waals surface area contributed by atoms with E-state index in [0.717, 1.165) is 23.9 Å². The lowest BCUT2D eigenvalue weighted by Gasteiger charge is -2.55. The second kappa shape index (κ2) is 5.43. The smallest absolute Gasteiger partial charge is 0.0836 e. The maximum Gasteiger partial charge on any atom is 0.0836 e. The van der Waals surface area contributed by atoms with Crippen LogP contribution in [-0.4, -0.2) is 58.7 Å². The molecule has 19 heavy (non-hydrogen) atoms. The molecule has 3 aliphatic rings. The fourth-order valence-corrected chi connectivity index (χ4v) is 7.88. The summed E-state index contributed by atoms with van der Waals surface area (Å²) in [5.74, 6) is 4.57. The van der Waals surface area contributed by atoms with Crippen molar-refractivity contribution in [1.82, 2.24) is 4.90 Å². The summed E-state index contributed by atoms with van der Waals surface area (Å²) in [6, 6.07) is 1.52. The maximum absolute atomic E-state index is 2.75. The number of hydrogen-bond acceptors (Lipinski definition) is 3. The van der Waals surface area contributed by atoms with Crippen LogP contribution in [-0.2, 0) is 0 Å². The highest BCUT2D eigenvalue weighted by molar-refractivity contribution is 8.21. The summed E-state index contributed by atoms with van der Waals surface area (Å²) in [5, 5.41) is 0. The highest BCUT2D eigenvalue weighted by Gasteiger charge is 2.58. The average molecular weight is 302 g/mol. The van der Waals surface area contributed by atoms with E-state index in [1.165, 1.54) is 37.7 Å². The minimum Gasteiger partial charge on any atom is -0.332 e. The zero-order valence-electron chi connectivity index (χ0n) is 12.8. The summed E-state index contributed by atoms with van der Waals surface area (Å²) in [6.07, 6.45) is 0. The van der Waals surface area contributed by atoms with Crippen molar-refractivity contribution in [3.05, 3.63) is 0 Å². The van der Waals surface area contributed by atoms with Gasteiger partial charge in [-0.05, 0) is 27.7 Å². The molecule has 1 N–H and O–H groups in total. The number of nitrogens with zero attached hydrogens (tertiary/aromatic N) is 1. The summed E-state index contributed by atoms with van der Waals surface area (Å²) >= 11 is 4.62. The predicted molar refractivity (Wildman–Crippen MR) is 87.2 cm³/mol. The molecule has 2 atom stereocenters. The minimum atomic E-state index is 0.587. The molecule has 3 saturated heterocycles. The Bertz CT molecular complexity index is 288. The Morgan fingerprint density at radius 3 is 1.95 bits per heavy atom. The Morgan fingerprint density at radius 1 is 1.00 bits per heavy atom. The quantitative estimate of drug-likeness (QED) is 0.826. The first-order valence-electron chi connectivity index (χ1n) is 7.89. The zero-order valence-corrected chi connectivity index (χ0v) is 14.4. The lowest BCUT2D eigenvalue weighted by molar-refractivity contribution is -0.934. The molecule has 4 heteroatoms. The molecule has 0 aromatic carbocycles. The van der Waals surface area contributed by atoms with Crippen molar-refractivity contribution in [3.63, 3.8) is 0 Å². The first-order valence-corrected chi connectivity index (χ1v) is 9.86. The van der Waals surface area contributed by atoms with E-state index in [0.29, 0.717) is 4.08 Å². The topological polar surface area (TPSA) is 7.68 Å². The number of nitrogens with one attached hydrogen (secondary N) is 1. The Hall–Kier alpha value is 0.620. The van der Waals surface area contributed by atoms with Gasteiger partial charge in [0.1, 0.15) is 0 Å². The normalized spacial score (nSPS) is 38.5. The molecule has 3 rings (SSSR count). The van der Waals surface area contributed by atoms with Gasteiger partial charge in [-0.1, -0.05) is 0 Å². The molecule has 3 fully saturated rings. The van der Waals surface area contributed by atoms with Crippen molar-refractivity contribution in [3.8, 4) is 0 Å². The summed E-state index contributed by atoms with van der Waals surface area (Å²) in [5.41, 5.74) is 0. The Kier molecular flexibility index (Phi) is 4.16. The van der Waals surface area contributed by atoms with Gasteiger partial charge < -0.3 is 4.90 Å². The van der Waals surface area contributed by atoms with E-state index < -0.39 is 0 Å². The second-order valence-electron chi connectivity index (χ2n) is 7.08. The molecular formula is C15H29N2S2+. The molecule has 110 valence electrons. The van der Waals surface area contributed by atoms with E-state index in [9.17, 15) is 0 Å². The lowest BCUT2D eigenvalue weighted by atomic mass is 9.82. The predicted octanol–water partition coefficient (Wildman–Crippen LogP) is 1.43. The van der Waals surface area contributed by atoms with Gasteiger partial charge in [-0.2, -0.15) is 0 Å². The van der Waals surface area contributed by atoms with Crippen LogP contribution in [0.1, 0.15) is 27.7 Å². The third-order valence-corrected chi connectivity index (χ3v) is 9.37. The van der Waals surface area contributed by atoms with Crippen LogP contribution in [0.3, 0.4) is 0 Å². The molecule has 3 heterocycles. The molecule has 2 unspecified atom stereocenters. The Labute approximate surface area is 127 Å². The number of hydrogen-bond donors (Lipinski definition) is 1. The van der Waals surface area contributed by atoms with Crippen LogP contribution in [0.25, 0.3) is 0 Å². The van der Waals surface area contributed by atoms with Crippen molar-refractivity contribution in [2.45, 2.75) is 43.9 Å². The van der Waals surface area contributed by atoms with Crippen LogP contribution in [0.2, 0.25) is 0 Å². The molecule has 1 spiro atoms. The van der Waals surface area contributed by atoms with Gasteiger partial charge in [0.25, 0.3) is 0 Å². The zero-order chi connectivity index (χ0) is 13.6. The van der Waals surface area contributed by atoms with Gasteiger partial charge in [-0.15, -0.1) is 23.5 Å². The molecular weight excluding hydrogens is 272 g/mol. The van der Waals surface area contributed by atoms with Crippen LogP contribution >= 0.6 is 23.5 Å². The number of rotatable bonds is 2. The molecule has 0 amide bonds. The SMILES string of the molecule is CC(C)N1CC2C[NH+](C(C)C)CC(C1)C21SCCS1. The van der Waals surface area contributed by atoms with E-state index in [-0.39, 0.29) is 0 Å². The first kappa shape index (κ1) is 14.6. The third kappa shape index (κ3) is 2.47. The number of likely N-dealkylation sites (tertiary alicyclic amines) is 2. The minimum absolute atomic E-state index is 0.587. The summed E-state index contributed by atoms with van der Waals surface area (Å²) < 4.78 is 0.587. The van der Waals surface area contributed by atoms with Gasteiger partial charge in [0.2, 0.25) is 0 Å². The molecule has 0 aromatic rings. The number of thioether (sulfide) groups is 2. The van der Waals surface area contributed by atoms with Crippen molar-refractivity contribution < 1.29 is 4.90 Å². The molecule has 3 aliphatic heterocycles. The molecule has 0 aromatic heterocycles.